The van der Waals surface area contributed by atoms with Gasteiger partial charge in [-0.25, -0.2) is 0 Å². The van der Waals surface area contributed by atoms with Gasteiger partial charge in [0.2, 0.25) is 0 Å². The van der Waals surface area contributed by atoms with Gasteiger partial charge in [-0.15, -0.1) is 0 Å². The van der Waals surface area contributed by atoms with Crippen molar-refractivity contribution < 1.29 is 9.47 Å². The second kappa shape index (κ2) is 5.93. The summed E-state index contributed by atoms with van der Waals surface area (Å²) in [4.78, 5) is 0. The highest BCUT2D eigenvalue weighted by atomic mass is 16.5. The summed E-state index contributed by atoms with van der Waals surface area (Å²) >= 11 is 0. The standard InChI is InChI=1S/C16H23NO2/c1-17-14(9-8-13-6-4-10-18-13)16-11-12-5-2-3-7-15(12)19-16/h2-3,5,7,13-14,16-17H,4,6,8-11H2,1H3. The Hall–Kier alpha value is -1.06. The maximum atomic E-state index is 6.07. The fourth-order valence-corrected chi connectivity index (χ4v) is 3.19. The molecule has 2 heterocycles. The summed E-state index contributed by atoms with van der Waals surface area (Å²) in [5.41, 5.74) is 1.34. The number of benzene rings is 1. The molecule has 0 radical (unpaired) electrons. The quantitative estimate of drug-likeness (QED) is 0.883. The zero-order chi connectivity index (χ0) is 13.1. The van der Waals surface area contributed by atoms with E-state index in [1.807, 2.05) is 13.1 Å². The molecule has 3 atom stereocenters. The first-order valence-corrected chi connectivity index (χ1v) is 7.40. The van der Waals surface area contributed by atoms with E-state index >= 15 is 0 Å². The highest BCUT2D eigenvalue weighted by Gasteiger charge is 2.30. The molecule has 3 rings (SSSR count). The van der Waals surface area contributed by atoms with Crippen molar-refractivity contribution in [3.63, 3.8) is 0 Å². The number of ether oxygens (including phenoxy) is 2. The van der Waals surface area contributed by atoms with Crippen LogP contribution in [0.3, 0.4) is 0 Å². The van der Waals surface area contributed by atoms with Crippen molar-refractivity contribution >= 4 is 0 Å². The molecule has 2 aliphatic rings. The average Bonchev–Trinajstić information content (AvgIpc) is 3.08. The van der Waals surface area contributed by atoms with Crippen molar-refractivity contribution in [2.75, 3.05) is 13.7 Å². The van der Waals surface area contributed by atoms with Crippen LogP contribution >= 0.6 is 0 Å². The lowest BCUT2D eigenvalue weighted by Crippen LogP contribution is -2.41. The van der Waals surface area contributed by atoms with E-state index in [0.717, 1.165) is 31.6 Å². The first-order chi connectivity index (χ1) is 9.36. The number of hydrogen-bond donors (Lipinski definition) is 1. The lowest BCUT2D eigenvalue weighted by Gasteiger charge is -2.24. The minimum absolute atomic E-state index is 0.267. The van der Waals surface area contributed by atoms with Gasteiger partial charge in [-0.3, -0.25) is 0 Å². The first-order valence-electron chi connectivity index (χ1n) is 7.40. The molecule has 0 saturated carbocycles. The highest BCUT2D eigenvalue weighted by Crippen LogP contribution is 2.31. The van der Waals surface area contributed by atoms with Gasteiger partial charge in [-0.05, 0) is 44.4 Å². The monoisotopic (exact) mass is 261 g/mol. The molecule has 0 amide bonds. The fourth-order valence-electron chi connectivity index (χ4n) is 3.19. The maximum Gasteiger partial charge on any atom is 0.123 e. The Bertz CT molecular complexity index is 390. The van der Waals surface area contributed by atoms with E-state index in [1.165, 1.54) is 18.4 Å². The fraction of sp³-hybridized carbons (Fsp3) is 0.625. The van der Waals surface area contributed by atoms with Crippen molar-refractivity contribution in [3.05, 3.63) is 29.8 Å². The largest absolute Gasteiger partial charge is 0.488 e. The summed E-state index contributed by atoms with van der Waals surface area (Å²) in [6.45, 7) is 0.945. The molecule has 3 nitrogen and oxygen atoms in total. The van der Waals surface area contributed by atoms with E-state index in [1.54, 1.807) is 0 Å². The summed E-state index contributed by atoms with van der Waals surface area (Å²) in [5, 5.41) is 3.42. The van der Waals surface area contributed by atoms with Gasteiger partial charge < -0.3 is 14.8 Å². The van der Waals surface area contributed by atoms with E-state index in [4.69, 9.17) is 9.47 Å². The molecule has 0 aliphatic carbocycles. The van der Waals surface area contributed by atoms with Crippen molar-refractivity contribution in [2.24, 2.45) is 0 Å². The van der Waals surface area contributed by atoms with E-state index in [9.17, 15) is 0 Å². The topological polar surface area (TPSA) is 30.5 Å². The molecule has 2 aliphatic heterocycles. The Morgan fingerprint density at radius 2 is 2.26 bits per heavy atom. The van der Waals surface area contributed by atoms with Crippen LogP contribution in [0.2, 0.25) is 0 Å². The minimum Gasteiger partial charge on any atom is -0.488 e. The summed E-state index contributed by atoms with van der Waals surface area (Å²) in [7, 11) is 2.03. The van der Waals surface area contributed by atoms with Gasteiger partial charge >= 0.3 is 0 Å². The van der Waals surface area contributed by atoms with Gasteiger partial charge in [0, 0.05) is 19.1 Å². The van der Waals surface area contributed by atoms with Crippen LogP contribution in [0.25, 0.3) is 0 Å². The molecule has 19 heavy (non-hydrogen) atoms. The van der Waals surface area contributed by atoms with Crippen LogP contribution < -0.4 is 10.1 Å². The summed E-state index contributed by atoms with van der Waals surface area (Å²) in [5.74, 6) is 1.06. The Morgan fingerprint density at radius 3 is 3.00 bits per heavy atom. The van der Waals surface area contributed by atoms with E-state index in [2.05, 4.69) is 23.5 Å². The Labute approximate surface area is 115 Å². The second-order valence-electron chi connectivity index (χ2n) is 5.58. The van der Waals surface area contributed by atoms with E-state index in [0.29, 0.717) is 12.1 Å². The van der Waals surface area contributed by atoms with Crippen LogP contribution in [0.4, 0.5) is 0 Å². The van der Waals surface area contributed by atoms with Crippen molar-refractivity contribution in [1.82, 2.24) is 5.32 Å². The van der Waals surface area contributed by atoms with Crippen molar-refractivity contribution in [2.45, 2.75) is 50.4 Å². The maximum absolute atomic E-state index is 6.07. The summed E-state index contributed by atoms with van der Waals surface area (Å²) in [6.07, 6.45) is 6.47. The number of rotatable bonds is 5. The predicted octanol–water partition coefficient (Wildman–Crippen LogP) is 2.54. The molecule has 1 N–H and O–H groups in total. The summed E-state index contributed by atoms with van der Waals surface area (Å²) < 4.78 is 11.8. The first kappa shape index (κ1) is 12.9. The van der Waals surface area contributed by atoms with Crippen LogP contribution in [0.15, 0.2) is 24.3 Å². The third-order valence-corrected chi connectivity index (χ3v) is 4.32. The molecular formula is C16H23NO2. The molecule has 1 saturated heterocycles. The molecule has 3 heteroatoms. The van der Waals surface area contributed by atoms with Crippen molar-refractivity contribution in [3.8, 4) is 5.75 Å². The molecule has 0 aromatic heterocycles. The predicted molar refractivity (Wildman–Crippen MR) is 75.6 cm³/mol. The van der Waals surface area contributed by atoms with Gasteiger partial charge in [-0.1, -0.05) is 18.2 Å². The van der Waals surface area contributed by atoms with Gasteiger partial charge in [0.15, 0.2) is 0 Å². The van der Waals surface area contributed by atoms with Gasteiger partial charge in [-0.2, -0.15) is 0 Å². The van der Waals surface area contributed by atoms with Crippen LogP contribution in [-0.4, -0.2) is 31.9 Å². The average molecular weight is 261 g/mol. The SMILES string of the molecule is CNC(CCC1CCCO1)C1Cc2ccccc2O1. The lowest BCUT2D eigenvalue weighted by atomic mass is 9.98. The third kappa shape index (κ3) is 2.93. The van der Waals surface area contributed by atoms with Crippen LogP contribution in [0.1, 0.15) is 31.2 Å². The van der Waals surface area contributed by atoms with Crippen LogP contribution in [0, 0.1) is 0 Å². The molecule has 0 bridgehead atoms. The van der Waals surface area contributed by atoms with Crippen LogP contribution in [0.5, 0.6) is 5.75 Å². The lowest BCUT2D eigenvalue weighted by molar-refractivity contribution is 0.0919. The highest BCUT2D eigenvalue weighted by molar-refractivity contribution is 5.37. The zero-order valence-corrected chi connectivity index (χ0v) is 11.6. The number of nitrogens with one attached hydrogen (secondary N) is 1. The number of likely N-dealkylation sites (N-methyl/N-ethyl adjacent to an activating group) is 1. The molecule has 1 aromatic carbocycles. The van der Waals surface area contributed by atoms with E-state index in [-0.39, 0.29) is 6.10 Å². The van der Waals surface area contributed by atoms with Gasteiger partial charge in [0.05, 0.1) is 6.10 Å². The summed E-state index contributed by atoms with van der Waals surface area (Å²) in [6, 6.07) is 8.79. The molecule has 3 unspecified atom stereocenters. The Morgan fingerprint density at radius 1 is 1.37 bits per heavy atom. The number of para-hydroxylation sites is 1. The van der Waals surface area contributed by atoms with Crippen LogP contribution in [-0.2, 0) is 11.2 Å². The Balaban J connectivity index is 1.55. The van der Waals surface area contributed by atoms with Gasteiger partial charge in [0.25, 0.3) is 0 Å². The molecule has 1 aromatic rings. The van der Waals surface area contributed by atoms with Crippen molar-refractivity contribution in [1.29, 1.82) is 0 Å². The zero-order valence-electron chi connectivity index (χ0n) is 11.6. The smallest absolute Gasteiger partial charge is 0.123 e. The van der Waals surface area contributed by atoms with E-state index < -0.39 is 0 Å². The third-order valence-electron chi connectivity index (χ3n) is 4.32. The Kier molecular flexibility index (Phi) is 4.04. The molecule has 1 fully saturated rings. The molecule has 104 valence electrons. The minimum atomic E-state index is 0.267. The molecular weight excluding hydrogens is 238 g/mol. The number of hydrogen-bond acceptors (Lipinski definition) is 3. The second-order valence-corrected chi connectivity index (χ2v) is 5.58. The normalized spacial score (nSPS) is 27.0. The number of fused-ring (bicyclic) bond motifs is 1. The van der Waals surface area contributed by atoms with Gasteiger partial charge in [0.1, 0.15) is 11.9 Å². The molecule has 0 spiro atoms.